The lowest BCUT2D eigenvalue weighted by Gasteiger charge is -2.09. The van der Waals surface area contributed by atoms with Crippen molar-refractivity contribution in [2.24, 2.45) is 14.1 Å². The Morgan fingerprint density at radius 1 is 1.07 bits per heavy atom. The Hall–Kier alpha value is -3.37. The second kappa shape index (κ2) is 7.47. The Bertz CT molecular complexity index is 1410. The minimum Gasteiger partial charge on any atom is -0.493 e. The third-order valence-corrected chi connectivity index (χ3v) is 5.29. The molecular formula is C18H15Cl2N7O3. The molecule has 3 aromatic heterocycles. The van der Waals surface area contributed by atoms with Crippen LogP contribution in [0.25, 0.3) is 11.2 Å². The fraction of sp³-hybridized carbons (Fsp3) is 0.167. The summed E-state index contributed by atoms with van der Waals surface area (Å²) < 4.78 is 3.87. The zero-order valence-electron chi connectivity index (χ0n) is 15.8. The van der Waals surface area contributed by atoms with E-state index in [9.17, 15) is 14.7 Å². The van der Waals surface area contributed by atoms with Crippen molar-refractivity contribution in [2.75, 3.05) is 5.32 Å². The van der Waals surface area contributed by atoms with Crippen LogP contribution in [0.3, 0.4) is 0 Å². The SMILES string of the molecule is Cn1c(Nc2nccc(O)n2)nc2c1c(=O)n(Cc1ccc(Cl)c(Cl)c1)c(=O)n2C. The molecule has 0 saturated heterocycles. The number of aryl methyl sites for hydroxylation is 2. The standard InChI is InChI=1S/C18H15Cl2N7O3/c1-25-13-14(23-17(25)24-16-21-6-5-12(28)22-16)26(2)18(30)27(15(13)29)8-9-3-4-10(19)11(20)7-9/h3-7H,8H2,1-2H3,(H2,21,22,23,24,28). The molecule has 0 unspecified atom stereocenters. The highest BCUT2D eigenvalue weighted by atomic mass is 35.5. The smallest absolute Gasteiger partial charge is 0.332 e. The number of aromatic nitrogens is 6. The monoisotopic (exact) mass is 447 g/mol. The molecule has 4 aromatic rings. The van der Waals surface area contributed by atoms with Crippen LogP contribution in [0, 0.1) is 0 Å². The molecule has 0 aliphatic heterocycles. The lowest BCUT2D eigenvalue weighted by atomic mass is 10.2. The summed E-state index contributed by atoms with van der Waals surface area (Å²) in [7, 11) is 3.15. The van der Waals surface area contributed by atoms with Gasteiger partial charge in [0, 0.05) is 26.4 Å². The van der Waals surface area contributed by atoms with Gasteiger partial charge in [0.05, 0.1) is 16.6 Å². The van der Waals surface area contributed by atoms with E-state index in [-0.39, 0.29) is 35.5 Å². The van der Waals surface area contributed by atoms with E-state index in [2.05, 4.69) is 20.3 Å². The highest BCUT2D eigenvalue weighted by Gasteiger charge is 2.19. The average Bonchev–Trinajstić information content (AvgIpc) is 3.03. The van der Waals surface area contributed by atoms with Gasteiger partial charge in [-0.15, -0.1) is 0 Å². The molecule has 10 nitrogen and oxygen atoms in total. The van der Waals surface area contributed by atoms with E-state index in [0.29, 0.717) is 15.6 Å². The number of nitrogens with one attached hydrogen (secondary N) is 1. The molecule has 30 heavy (non-hydrogen) atoms. The minimum absolute atomic E-state index is 0.0158. The van der Waals surface area contributed by atoms with Gasteiger partial charge >= 0.3 is 5.69 Å². The van der Waals surface area contributed by atoms with Gasteiger partial charge in [-0.25, -0.2) is 9.78 Å². The van der Waals surface area contributed by atoms with Crippen molar-refractivity contribution < 1.29 is 5.11 Å². The predicted octanol–water partition coefficient (Wildman–Crippen LogP) is 2.03. The van der Waals surface area contributed by atoms with E-state index in [0.717, 1.165) is 4.57 Å². The first-order valence-electron chi connectivity index (χ1n) is 8.65. The summed E-state index contributed by atoms with van der Waals surface area (Å²) in [4.78, 5) is 38.1. The van der Waals surface area contributed by atoms with E-state index < -0.39 is 11.2 Å². The third-order valence-electron chi connectivity index (χ3n) is 4.55. The van der Waals surface area contributed by atoms with Crippen LogP contribution in [0.1, 0.15) is 5.56 Å². The molecule has 4 rings (SSSR count). The van der Waals surface area contributed by atoms with Crippen molar-refractivity contribution in [1.29, 1.82) is 0 Å². The molecule has 154 valence electrons. The average molecular weight is 448 g/mol. The Labute approximate surface area is 179 Å². The van der Waals surface area contributed by atoms with Gasteiger partial charge in [-0.3, -0.25) is 19.2 Å². The molecule has 1 aromatic carbocycles. The second-order valence-corrected chi connectivity index (χ2v) is 7.33. The van der Waals surface area contributed by atoms with E-state index in [1.54, 1.807) is 25.2 Å². The Kier molecular flexibility index (Phi) is 4.96. The summed E-state index contributed by atoms with van der Waals surface area (Å²) in [5, 5.41) is 13.1. The fourth-order valence-corrected chi connectivity index (χ4v) is 3.35. The van der Waals surface area contributed by atoms with Crippen LogP contribution in [0.2, 0.25) is 10.0 Å². The van der Waals surface area contributed by atoms with Crippen molar-refractivity contribution in [1.82, 2.24) is 28.7 Å². The lowest BCUT2D eigenvalue weighted by molar-refractivity contribution is 0.453. The molecule has 0 spiro atoms. The highest BCUT2D eigenvalue weighted by molar-refractivity contribution is 6.42. The van der Waals surface area contributed by atoms with Crippen LogP contribution in [0.15, 0.2) is 40.1 Å². The maximum atomic E-state index is 13.1. The van der Waals surface area contributed by atoms with E-state index in [1.165, 1.54) is 28.4 Å². The van der Waals surface area contributed by atoms with Crippen molar-refractivity contribution in [3.63, 3.8) is 0 Å². The maximum Gasteiger partial charge on any atom is 0.332 e. The first-order chi connectivity index (χ1) is 14.3. The largest absolute Gasteiger partial charge is 0.493 e. The van der Waals surface area contributed by atoms with Crippen LogP contribution in [0.5, 0.6) is 5.88 Å². The molecule has 12 heteroatoms. The molecule has 0 atom stereocenters. The molecular weight excluding hydrogens is 433 g/mol. The number of aromatic hydroxyl groups is 1. The number of benzene rings is 1. The normalized spacial score (nSPS) is 11.2. The highest BCUT2D eigenvalue weighted by Crippen LogP contribution is 2.23. The Morgan fingerprint density at radius 3 is 2.53 bits per heavy atom. The van der Waals surface area contributed by atoms with Crippen LogP contribution in [0.4, 0.5) is 11.9 Å². The van der Waals surface area contributed by atoms with E-state index >= 15 is 0 Å². The number of hydrogen-bond acceptors (Lipinski definition) is 7. The summed E-state index contributed by atoms with van der Waals surface area (Å²) in [5.74, 6) is 0.104. The van der Waals surface area contributed by atoms with Gasteiger partial charge in [-0.1, -0.05) is 29.3 Å². The fourth-order valence-electron chi connectivity index (χ4n) is 3.02. The van der Waals surface area contributed by atoms with Gasteiger partial charge in [0.1, 0.15) is 0 Å². The number of halogens is 2. The zero-order valence-corrected chi connectivity index (χ0v) is 17.3. The number of hydrogen-bond donors (Lipinski definition) is 2. The lowest BCUT2D eigenvalue weighted by Crippen LogP contribution is -2.39. The Balaban J connectivity index is 1.84. The molecule has 0 radical (unpaired) electrons. The molecule has 0 amide bonds. The summed E-state index contributed by atoms with van der Waals surface area (Å²) >= 11 is 12.0. The summed E-state index contributed by atoms with van der Waals surface area (Å²) in [5.41, 5.74) is 0.00728. The van der Waals surface area contributed by atoms with Gasteiger partial charge < -0.3 is 9.67 Å². The van der Waals surface area contributed by atoms with Gasteiger partial charge in [-0.05, 0) is 17.7 Å². The molecule has 0 saturated carbocycles. The van der Waals surface area contributed by atoms with Gasteiger partial charge in [0.15, 0.2) is 11.2 Å². The molecule has 3 heterocycles. The maximum absolute atomic E-state index is 13.1. The van der Waals surface area contributed by atoms with Crippen molar-refractivity contribution in [3.8, 4) is 5.88 Å². The van der Waals surface area contributed by atoms with Gasteiger partial charge in [0.2, 0.25) is 17.8 Å². The second-order valence-electron chi connectivity index (χ2n) is 6.51. The first kappa shape index (κ1) is 19.9. The first-order valence-corrected chi connectivity index (χ1v) is 9.41. The van der Waals surface area contributed by atoms with Crippen molar-refractivity contribution in [2.45, 2.75) is 6.54 Å². The van der Waals surface area contributed by atoms with E-state index in [4.69, 9.17) is 23.2 Å². The van der Waals surface area contributed by atoms with Crippen molar-refractivity contribution >= 4 is 46.3 Å². The number of fused-ring (bicyclic) bond motifs is 1. The molecule has 0 bridgehead atoms. The molecule has 0 aliphatic rings. The summed E-state index contributed by atoms with van der Waals surface area (Å²) in [6, 6.07) is 6.23. The number of nitrogens with zero attached hydrogens (tertiary/aromatic N) is 6. The third kappa shape index (κ3) is 3.40. The predicted molar refractivity (Wildman–Crippen MR) is 113 cm³/mol. The molecule has 2 N–H and O–H groups in total. The summed E-state index contributed by atoms with van der Waals surface area (Å²) in [6.45, 7) is 0.0158. The number of anilines is 2. The molecule has 0 fully saturated rings. The van der Waals surface area contributed by atoms with Gasteiger partial charge in [-0.2, -0.15) is 9.97 Å². The van der Waals surface area contributed by atoms with Gasteiger partial charge in [0.25, 0.3) is 5.56 Å². The summed E-state index contributed by atoms with van der Waals surface area (Å²) in [6.07, 6.45) is 1.37. The van der Waals surface area contributed by atoms with Crippen LogP contribution in [-0.4, -0.2) is 33.8 Å². The zero-order chi connectivity index (χ0) is 21.6. The van der Waals surface area contributed by atoms with E-state index in [1.807, 2.05) is 0 Å². The quantitative estimate of drug-likeness (QED) is 0.490. The van der Waals surface area contributed by atoms with Crippen LogP contribution in [-0.2, 0) is 20.6 Å². The van der Waals surface area contributed by atoms with Crippen LogP contribution < -0.4 is 16.6 Å². The number of imidazole rings is 1. The topological polar surface area (TPSA) is 120 Å². The van der Waals surface area contributed by atoms with Crippen molar-refractivity contribution in [3.05, 3.63) is 66.9 Å². The minimum atomic E-state index is -0.531. The van der Waals surface area contributed by atoms with Crippen LogP contribution >= 0.6 is 23.2 Å². The number of rotatable bonds is 4. The Morgan fingerprint density at radius 2 is 1.83 bits per heavy atom. The molecule has 0 aliphatic carbocycles.